The molecular weight excluding hydrogens is 346 g/mol. The van der Waals surface area contributed by atoms with Gasteiger partial charge in [-0.2, -0.15) is 0 Å². The number of ether oxygens (including phenoxy) is 3. The average molecular weight is 368 g/mol. The number of quaternary nitrogens is 1. The topological polar surface area (TPSA) is 69.4 Å². The molecule has 2 N–H and O–H groups in total. The van der Waals surface area contributed by atoms with E-state index in [-0.39, 0.29) is 17.3 Å². The van der Waals surface area contributed by atoms with E-state index in [0.717, 1.165) is 18.7 Å². The van der Waals surface area contributed by atoms with Gasteiger partial charge in [-0.3, -0.25) is 4.79 Å². The maximum Gasteiger partial charge on any atom is 0.231 e. The molecule has 0 saturated carbocycles. The minimum absolute atomic E-state index is 0.152. The molecule has 0 spiro atoms. The van der Waals surface area contributed by atoms with Gasteiger partial charge < -0.3 is 24.2 Å². The van der Waals surface area contributed by atoms with Crippen molar-refractivity contribution in [2.75, 3.05) is 33.4 Å². The van der Waals surface area contributed by atoms with Gasteiger partial charge in [-0.1, -0.05) is 18.2 Å². The van der Waals surface area contributed by atoms with Crippen LogP contribution in [0.1, 0.15) is 21.5 Å². The number of carbonyl (C=O) groups excluding carboxylic acids is 1. The molecule has 1 saturated heterocycles. The summed E-state index contributed by atoms with van der Waals surface area (Å²) in [6, 6.07) is 10.6. The smallest absolute Gasteiger partial charge is 0.231 e. The highest BCUT2D eigenvalue weighted by atomic mass is 16.5. The number of phenols is 1. The molecule has 0 aliphatic carbocycles. The minimum atomic E-state index is -0.186. The van der Waals surface area contributed by atoms with Crippen LogP contribution in [-0.4, -0.2) is 44.3 Å². The zero-order valence-electron chi connectivity index (χ0n) is 15.2. The van der Waals surface area contributed by atoms with E-state index in [4.69, 9.17) is 14.2 Å². The van der Waals surface area contributed by atoms with Gasteiger partial charge >= 0.3 is 0 Å². The predicted molar refractivity (Wildman–Crippen MR) is 99.3 cm³/mol. The monoisotopic (exact) mass is 368 g/mol. The largest absolute Gasteiger partial charge is 0.507 e. The van der Waals surface area contributed by atoms with Crippen LogP contribution in [0.4, 0.5) is 0 Å². The van der Waals surface area contributed by atoms with Gasteiger partial charge in [0.25, 0.3) is 0 Å². The van der Waals surface area contributed by atoms with Crippen LogP contribution in [0.3, 0.4) is 0 Å². The first-order chi connectivity index (χ1) is 13.2. The van der Waals surface area contributed by atoms with Crippen molar-refractivity contribution in [3.63, 3.8) is 0 Å². The Labute approximate surface area is 157 Å². The molecule has 0 bridgehead atoms. The summed E-state index contributed by atoms with van der Waals surface area (Å²) < 4.78 is 16.7. The Morgan fingerprint density at radius 2 is 1.96 bits per heavy atom. The number of para-hydroxylation sites is 1. The van der Waals surface area contributed by atoms with Crippen LogP contribution in [0.2, 0.25) is 0 Å². The quantitative estimate of drug-likeness (QED) is 0.799. The third-order valence-electron chi connectivity index (χ3n) is 4.97. The summed E-state index contributed by atoms with van der Waals surface area (Å²) in [6.07, 6.45) is 1.68. The molecule has 0 aromatic heterocycles. The van der Waals surface area contributed by atoms with Crippen LogP contribution in [0, 0.1) is 0 Å². The second kappa shape index (κ2) is 7.42. The fourth-order valence-electron chi connectivity index (χ4n) is 3.48. The lowest BCUT2D eigenvalue weighted by Gasteiger charge is -2.24. The lowest BCUT2D eigenvalue weighted by Crippen LogP contribution is -3.12. The van der Waals surface area contributed by atoms with Crippen molar-refractivity contribution in [3.8, 4) is 17.2 Å². The van der Waals surface area contributed by atoms with Crippen molar-refractivity contribution in [1.29, 1.82) is 0 Å². The number of allylic oxidation sites excluding steroid dienone is 1. The molecule has 4 rings (SSSR count). The van der Waals surface area contributed by atoms with Crippen molar-refractivity contribution in [2.45, 2.75) is 6.54 Å². The Hall–Kier alpha value is -2.83. The SMILES string of the molecule is COc1ccccc1/C=C1\Oc2c(ccc(O)c2C[NH+]2CCOCC2)C1=O. The zero-order chi connectivity index (χ0) is 18.8. The van der Waals surface area contributed by atoms with Gasteiger partial charge in [-0.15, -0.1) is 0 Å². The van der Waals surface area contributed by atoms with Crippen molar-refractivity contribution in [2.24, 2.45) is 0 Å². The lowest BCUT2D eigenvalue weighted by molar-refractivity contribution is -0.921. The number of phenolic OH excluding ortho intramolecular Hbond substituents is 1. The summed E-state index contributed by atoms with van der Waals surface area (Å²) in [4.78, 5) is 14.1. The van der Waals surface area contributed by atoms with Crippen molar-refractivity contribution in [1.82, 2.24) is 0 Å². The highest BCUT2D eigenvalue weighted by molar-refractivity contribution is 6.15. The Morgan fingerprint density at radius 1 is 1.19 bits per heavy atom. The number of ketones is 1. The van der Waals surface area contributed by atoms with Crippen molar-refractivity contribution in [3.05, 3.63) is 58.8 Å². The Kier molecular flexibility index (Phi) is 4.83. The molecule has 2 aromatic rings. The number of aromatic hydroxyl groups is 1. The number of morpholine rings is 1. The summed E-state index contributed by atoms with van der Waals surface area (Å²) in [6.45, 7) is 3.71. The molecule has 140 valence electrons. The Bertz CT molecular complexity index is 899. The van der Waals surface area contributed by atoms with E-state index in [0.29, 0.717) is 42.4 Å². The van der Waals surface area contributed by atoms with E-state index in [1.807, 2.05) is 24.3 Å². The van der Waals surface area contributed by atoms with Gasteiger partial charge in [0.1, 0.15) is 31.1 Å². The standard InChI is InChI=1S/C21H21NO5/c1-25-18-5-3-2-4-14(18)12-19-20(24)15-6-7-17(23)16(21(15)27-19)13-22-8-10-26-11-9-22/h2-7,12,23H,8-11,13H2,1H3/p+1/b19-12-. The normalized spacial score (nSPS) is 18.4. The van der Waals surface area contributed by atoms with Gasteiger partial charge in [-0.25, -0.2) is 0 Å². The number of benzene rings is 2. The van der Waals surface area contributed by atoms with Crippen LogP contribution >= 0.6 is 0 Å². The third kappa shape index (κ3) is 3.41. The minimum Gasteiger partial charge on any atom is -0.507 e. The van der Waals surface area contributed by atoms with Gasteiger partial charge in [0.15, 0.2) is 11.5 Å². The zero-order valence-corrected chi connectivity index (χ0v) is 15.2. The summed E-state index contributed by atoms with van der Waals surface area (Å²) in [5.74, 6) is 1.32. The van der Waals surface area contributed by atoms with E-state index < -0.39 is 0 Å². The number of Topliss-reactive ketones (excluding diaryl/α,β-unsaturated/α-hetero) is 1. The predicted octanol–water partition coefficient (Wildman–Crippen LogP) is 1.43. The van der Waals surface area contributed by atoms with Crippen LogP contribution in [0.25, 0.3) is 6.08 Å². The number of hydrogen-bond acceptors (Lipinski definition) is 5. The molecule has 6 nitrogen and oxygen atoms in total. The van der Waals surface area contributed by atoms with Gasteiger partial charge in [0.2, 0.25) is 5.78 Å². The Morgan fingerprint density at radius 3 is 2.74 bits per heavy atom. The molecule has 2 aliphatic heterocycles. The number of rotatable bonds is 4. The second-order valence-corrected chi connectivity index (χ2v) is 6.66. The van der Waals surface area contributed by atoms with E-state index >= 15 is 0 Å². The molecule has 0 amide bonds. The van der Waals surface area contributed by atoms with Gasteiger partial charge in [0.05, 0.1) is 31.5 Å². The maximum absolute atomic E-state index is 12.8. The van der Waals surface area contributed by atoms with Gasteiger partial charge in [-0.05, 0) is 24.3 Å². The molecule has 0 unspecified atom stereocenters. The third-order valence-corrected chi connectivity index (χ3v) is 4.97. The van der Waals surface area contributed by atoms with Crippen LogP contribution in [-0.2, 0) is 11.3 Å². The summed E-state index contributed by atoms with van der Waals surface area (Å²) >= 11 is 0. The molecular formula is C21H22NO5+. The van der Waals surface area contributed by atoms with Crippen LogP contribution in [0.5, 0.6) is 17.2 Å². The number of fused-ring (bicyclic) bond motifs is 1. The van der Waals surface area contributed by atoms with Gasteiger partial charge in [0, 0.05) is 5.56 Å². The van der Waals surface area contributed by atoms with Crippen molar-refractivity contribution < 1.29 is 29.0 Å². The molecule has 0 radical (unpaired) electrons. The first kappa shape index (κ1) is 17.6. The summed E-state index contributed by atoms with van der Waals surface area (Å²) in [7, 11) is 1.59. The molecule has 0 atom stereocenters. The maximum atomic E-state index is 12.8. The number of nitrogens with one attached hydrogen (secondary N) is 1. The van der Waals surface area contributed by atoms with E-state index in [2.05, 4.69) is 0 Å². The first-order valence-electron chi connectivity index (χ1n) is 9.01. The fourth-order valence-corrected chi connectivity index (χ4v) is 3.48. The highest BCUT2D eigenvalue weighted by Crippen LogP contribution is 2.39. The number of hydrogen-bond donors (Lipinski definition) is 2. The van der Waals surface area contributed by atoms with E-state index in [1.165, 1.54) is 4.90 Å². The summed E-state index contributed by atoms with van der Waals surface area (Å²) in [5, 5.41) is 10.4. The second-order valence-electron chi connectivity index (χ2n) is 6.66. The molecule has 6 heteroatoms. The average Bonchev–Trinajstić information content (AvgIpc) is 3.01. The van der Waals surface area contributed by atoms with Crippen LogP contribution < -0.4 is 14.4 Å². The van der Waals surface area contributed by atoms with Crippen LogP contribution in [0.15, 0.2) is 42.2 Å². The molecule has 2 aliphatic rings. The fraction of sp³-hybridized carbons (Fsp3) is 0.286. The molecule has 27 heavy (non-hydrogen) atoms. The highest BCUT2D eigenvalue weighted by Gasteiger charge is 2.33. The molecule has 2 heterocycles. The van der Waals surface area contributed by atoms with E-state index in [9.17, 15) is 9.90 Å². The van der Waals surface area contributed by atoms with Crippen molar-refractivity contribution >= 4 is 11.9 Å². The molecule has 2 aromatic carbocycles. The lowest BCUT2D eigenvalue weighted by atomic mass is 10.0. The summed E-state index contributed by atoms with van der Waals surface area (Å²) in [5.41, 5.74) is 1.92. The number of carbonyl (C=O) groups is 1. The van der Waals surface area contributed by atoms with E-state index in [1.54, 1.807) is 25.3 Å². The molecule has 1 fully saturated rings. The first-order valence-corrected chi connectivity index (χ1v) is 9.01. The number of methoxy groups -OCH3 is 1. The Balaban J connectivity index is 1.67.